The molecule has 0 aliphatic heterocycles. The van der Waals surface area contributed by atoms with E-state index in [0.29, 0.717) is 16.9 Å². The lowest BCUT2D eigenvalue weighted by atomic mass is 9.96. The number of nitrogens with one attached hydrogen (secondary N) is 1. The average Bonchev–Trinajstić information content (AvgIpc) is 3.23. The maximum Gasteiger partial charge on any atom is 0.244 e. The maximum atomic E-state index is 13.9. The maximum absolute atomic E-state index is 13.9. The third-order valence-electron chi connectivity index (χ3n) is 5.88. The molecule has 4 nitrogen and oxygen atoms in total. The number of ether oxygens (including phenoxy) is 1. The number of aryl methyl sites for hydroxylation is 2. The normalized spacial score (nSPS) is 11.6. The summed E-state index contributed by atoms with van der Waals surface area (Å²) in [5.41, 5.74) is 5.84. The second-order valence-corrected chi connectivity index (χ2v) is 8.22. The molecular weight excluding hydrogens is 436 g/mol. The first-order valence-electron chi connectivity index (χ1n) is 10.9. The number of methoxy groups -OCH3 is 1. The van der Waals surface area contributed by atoms with Crippen molar-refractivity contribution < 1.29 is 22.7 Å². The van der Waals surface area contributed by atoms with Gasteiger partial charge in [-0.2, -0.15) is 0 Å². The molecule has 0 fully saturated rings. The molecule has 1 amide bonds. The van der Waals surface area contributed by atoms with E-state index in [1.165, 1.54) is 12.1 Å². The molecule has 1 aromatic heterocycles. The van der Waals surface area contributed by atoms with Crippen LogP contribution in [0.15, 0.2) is 65.3 Å². The van der Waals surface area contributed by atoms with Gasteiger partial charge in [0.1, 0.15) is 23.0 Å². The second kappa shape index (κ2) is 9.51. The number of hydrogen-bond donors (Lipinski definition) is 1. The Bertz CT molecular complexity index is 1380. The summed E-state index contributed by atoms with van der Waals surface area (Å²) in [6.07, 6.45) is 3.12. The van der Waals surface area contributed by atoms with Gasteiger partial charge in [-0.15, -0.1) is 0 Å². The van der Waals surface area contributed by atoms with Crippen LogP contribution in [0, 0.1) is 25.5 Å². The number of carbonyl (C=O) groups is 1. The van der Waals surface area contributed by atoms with Crippen LogP contribution in [0.25, 0.3) is 27.7 Å². The molecule has 0 unspecified atom stereocenters. The first kappa shape index (κ1) is 23.2. The number of halogens is 2. The third kappa shape index (κ3) is 4.44. The minimum Gasteiger partial charge on any atom is -0.496 e. The van der Waals surface area contributed by atoms with Gasteiger partial charge in [0.25, 0.3) is 0 Å². The molecule has 4 rings (SSSR count). The van der Waals surface area contributed by atoms with Crippen LogP contribution in [0.3, 0.4) is 0 Å². The predicted molar refractivity (Wildman–Crippen MR) is 130 cm³/mol. The van der Waals surface area contributed by atoms with Crippen LogP contribution in [0.5, 0.6) is 5.75 Å². The van der Waals surface area contributed by atoms with E-state index in [2.05, 4.69) is 5.32 Å². The fourth-order valence-electron chi connectivity index (χ4n) is 4.03. The number of furan rings is 1. The quantitative estimate of drug-likeness (QED) is 0.324. The zero-order valence-electron chi connectivity index (χ0n) is 19.5. The van der Waals surface area contributed by atoms with Crippen LogP contribution in [0.2, 0.25) is 0 Å². The van der Waals surface area contributed by atoms with Crippen molar-refractivity contribution in [1.29, 1.82) is 0 Å². The van der Waals surface area contributed by atoms with Gasteiger partial charge in [-0.05, 0) is 50.1 Å². The van der Waals surface area contributed by atoms with E-state index in [1.807, 2.05) is 44.2 Å². The van der Waals surface area contributed by atoms with Gasteiger partial charge in [-0.25, -0.2) is 8.78 Å². The van der Waals surface area contributed by atoms with E-state index in [-0.39, 0.29) is 12.1 Å². The van der Waals surface area contributed by atoms with Crippen molar-refractivity contribution in [1.82, 2.24) is 5.32 Å². The minimum absolute atomic E-state index is 0.183. The molecule has 0 spiro atoms. The number of hydrogen-bond acceptors (Lipinski definition) is 3. The molecule has 1 N–H and O–H groups in total. The van der Waals surface area contributed by atoms with Crippen molar-refractivity contribution in [3.05, 3.63) is 94.8 Å². The first-order valence-corrected chi connectivity index (χ1v) is 10.9. The van der Waals surface area contributed by atoms with Gasteiger partial charge in [0, 0.05) is 40.3 Å². The number of benzene rings is 3. The summed E-state index contributed by atoms with van der Waals surface area (Å²) in [7, 11) is 1.57. The Kier molecular flexibility index (Phi) is 6.50. The fraction of sp³-hybridized carbons (Fsp3) is 0.179. The van der Waals surface area contributed by atoms with Crippen LogP contribution < -0.4 is 10.1 Å². The summed E-state index contributed by atoms with van der Waals surface area (Å²) < 4.78 is 39.2. The zero-order valence-corrected chi connectivity index (χ0v) is 19.5. The van der Waals surface area contributed by atoms with Crippen LogP contribution >= 0.6 is 0 Å². The number of rotatable bonds is 6. The van der Waals surface area contributed by atoms with Crippen molar-refractivity contribution in [3.63, 3.8) is 0 Å². The van der Waals surface area contributed by atoms with E-state index in [0.717, 1.165) is 45.3 Å². The van der Waals surface area contributed by atoms with Crippen molar-refractivity contribution in [2.45, 2.75) is 27.3 Å². The summed E-state index contributed by atoms with van der Waals surface area (Å²) in [6.45, 7) is 5.47. The summed E-state index contributed by atoms with van der Waals surface area (Å²) in [4.78, 5) is 12.5. The Hall–Kier alpha value is -3.93. The van der Waals surface area contributed by atoms with Crippen LogP contribution in [-0.4, -0.2) is 13.0 Å². The summed E-state index contributed by atoms with van der Waals surface area (Å²) in [5.74, 6) is -1.27. The second-order valence-electron chi connectivity index (χ2n) is 8.22. The van der Waals surface area contributed by atoms with Gasteiger partial charge < -0.3 is 14.5 Å². The van der Waals surface area contributed by atoms with Crippen LogP contribution in [0.1, 0.15) is 29.2 Å². The largest absolute Gasteiger partial charge is 0.496 e. The highest BCUT2D eigenvalue weighted by atomic mass is 19.1. The lowest BCUT2D eigenvalue weighted by molar-refractivity contribution is -0.116. The standard InChI is InChI=1S/C28H25F2NO3/c1-16-8-10-19(11-9-16)23-15-34-28-18(3)27(33-4)20(13-21(23)28)17(2)12-26(32)31-14-22-24(29)6-5-7-25(22)30/h5-13,15H,14H2,1-4H3,(H,31,32)/b17-12+. The molecule has 3 aromatic carbocycles. The number of allylic oxidation sites excluding steroid dienone is 1. The molecule has 0 radical (unpaired) electrons. The summed E-state index contributed by atoms with van der Waals surface area (Å²) >= 11 is 0. The number of amides is 1. The SMILES string of the molecule is COc1c(/C(C)=C/C(=O)NCc2c(F)cccc2F)cc2c(-c3ccc(C)cc3)coc2c1C. The van der Waals surface area contributed by atoms with Gasteiger partial charge in [0.05, 0.1) is 13.4 Å². The van der Waals surface area contributed by atoms with Crippen molar-refractivity contribution in [3.8, 4) is 16.9 Å². The molecule has 0 aliphatic carbocycles. The highest BCUT2D eigenvalue weighted by Gasteiger charge is 2.19. The fourth-order valence-corrected chi connectivity index (χ4v) is 4.03. The lowest BCUT2D eigenvalue weighted by Gasteiger charge is -2.13. The molecule has 6 heteroatoms. The summed E-state index contributed by atoms with van der Waals surface area (Å²) in [6, 6.07) is 13.7. The van der Waals surface area contributed by atoms with Crippen LogP contribution in [-0.2, 0) is 11.3 Å². The predicted octanol–water partition coefficient (Wildman–Crippen LogP) is 6.72. The Morgan fingerprint density at radius 1 is 1.09 bits per heavy atom. The van der Waals surface area contributed by atoms with Gasteiger partial charge in [0.15, 0.2) is 0 Å². The number of carbonyl (C=O) groups excluding carboxylic acids is 1. The molecule has 0 saturated carbocycles. The van der Waals surface area contributed by atoms with E-state index in [9.17, 15) is 13.6 Å². The highest BCUT2D eigenvalue weighted by molar-refractivity contribution is 6.01. The van der Waals surface area contributed by atoms with Gasteiger partial charge in [-0.3, -0.25) is 4.79 Å². The Labute approximate surface area is 196 Å². The van der Waals surface area contributed by atoms with Gasteiger partial charge in [0.2, 0.25) is 5.91 Å². The smallest absolute Gasteiger partial charge is 0.244 e. The molecule has 0 bridgehead atoms. The summed E-state index contributed by atoms with van der Waals surface area (Å²) in [5, 5.41) is 3.45. The van der Waals surface area contributed by atoms with Crippen molar-refractivity contribution in [2.24, 2.45) is 0 Å². The van der Waals surface area contributed by atoms with Gasteiger partial charge >= 0.3 is 0 Å². The minimum atomic E-state index is -0.702. The molecule has 4 aromatic rings. The Morgan fingerprint density at radius 3 is 2.41 bits per heavy atom. The van der Waals surface area contributed by atoms with Crippen molar-refractivity contribution >= 4 is 22.4 Å². The third-order valence-corrected chi connectivity index (χ3v) is 5.88. The molecule has 0 saturated heterocycles. The van der Waals surface area contributed by atoms with E-state index in [1.54, 1.807) is 20.3 Å². The molecule has 1 heterocycles. The Morgan fingerprint density at radius 2 is 1.76 bits per heavy atom. The van der Waals surface area contributed by atoms with E-state index < -0.39 is 17.5 Å². The lowest BCUT2D eigenvalue weighted by Crippen LogP contribution is -2.22. The van der Waals surface area contributed by atoms with E-state index >= 15 is 0 Å². The van der Waals surface area contributed by atoms with E-state index in [4.69, 9.17) is 9.15 Å². The zero-order chi connectivity index (χ0) is 24.4. The molecular formula is C28H25F2NO3. The van der Waals surface area contributed by atoms with Crippen molar-refractivity contribution in [2.75, 3.05) is 7.11 Å². The Balaban J connectivity index is 1.69. The number of fused-ring (bicyclic) bond motifs is 1. The monoisotopic (exact) mass is 461 g/mol. The molecule has 174 valence electrons. The topological polar surface area (TPSA) is 51.5 Å². The van der Waals surface area contributed by atoms with Gasteiger partial charge in [-0.1, -0.05) is 35.9 Å². The molecule has 0 atom stereocenters. The molecule has 34 heavy (non-hydrogen) atoms. The van der Waals surface area contributed by atoms with Crippen LogP contribution in [0.4, 0.5) is 8.78 Å². The molecule has 0 aliphatic rings. The average molecular weight is 462 g/mol. The first-order chi connectivity index (χ1) is 16.3. The highest BCUT2D eigenvalue weighted by Crippen LogP contribution is 2.40.